The van der Waals surface area contributed by atoms with Gasteiger partial charge in [0.15, 0.2) is 0 Å². The maximum atomic E-state index is 13.0. The molecule has 2 heterocycles. The van der Waals surface area contributed by atoms with E-state index in [0.717, 1.165) is 44.9 Å². The number of esters is 1. The molecule has 0 atom stereocenters. The highest BCUT2D eigenvalue weighted by atomic mass is 32.2. The molecule has 1 aliphatic heterocycles. The van der Waals surface area contributed by atoms with E-state index in [9.17, 15) is 19.2 Å². The smallest absolute Gasteiger partial charge is 0.338 e. The molecule has 37 heavy (non-hydrogen) atoms. The van der Waals surface area contributed by atoms with E-state index in [0.29, 0.717) is 11.3 Å². The predicted molar refractivity (Wildman–Crippen MR) is 144 cm³/mol. The number of nitrogens with one attached hydrogen (secondary N) is 1. The topological polar surface area (TPSA) is 97.7 Å². The molecule has 0 aliphatic carbocycles. The number of benzene rings is 2. The molecular formula is C28H27N3O5S. The molecule has 1 N–H and O–H groups in total. The van der Waals surface area contributed by atoms with Crippen molar-refractivity contribution >= 4 is 46.5 Å². The number of aromatic nitrogens is 1. The number of amides is 3. The molecular weight excluding hydrogens is 490 g/mol. The fraction of sp³-hybridized carbons (Fsp3) is 0.214. The first-order chi connectivity index (χ1) is 17.7. The van der Waals surface area contributed by atoms with Crippen LogP contribution in [0.1, 0.15) is 39.8 Å². The molecule has 1 aromatic heterocycles. The van der Waals surface area contributed by atoms with Crippen LogP contribution in [0.25, 0.3) is 11.8 Å². The number of carbonyl (C=O) groups is 4. The molecule has 8 nitrogen and oxygen atoms in total. The summed E-state index contributed by atoms with van der Waals surface area (Å²) in [5, 5.41) is 2.23. The van der Waals surface area contributed by atoms with Crippen LogP contribution in [0, 0.1) is 20.8 Å². The van der Waals surface area contributed by atoms with E-state index >= 15 is 0 Å². The molecule has 0 bridgehead atoms. The number of aryl methyl sites for hydroxylation is 2. The highest BCUT2D eigenvalue weighted by molar-refractivity contribution is 8.18. The molecule has 0 unspecified atom stereocenters. The van der Waals surface area contributed by atoms with E-state index in [1.54, 1.807) is 37.3 Å². The number of imide groups is 1. The minimum atomic E-state index is -0.511. The average molecular weight is 518 g/mol. The Morgan fingerprint density at radius 3 is 2.51 bits per heavy atom. The Hall–Kier alpha value is -4.11. The van der Waals surface area contributed by atoms with Crippen molar-refractivity contribution in [1.29, 1.82) is 0 Å². The number of hydrogen-bond acceptors (Lipinski definition) is 6. The number of ether oxygens (including phenoxy) is 1. The normalized spacial score (nSPS) is 14.4. The highest BCUT2D eigenvalue weighted by Crippen LogP contribution is 2.34. The van der Waals surface area contributed by atoms with Crippen molar-refractivity contribution in [2.75, 3.05) is 18.5 Å². The van der Waals surface area contributed by atoms with E-state index in [-0.39, 0.29) is 18.1 Å². The van der Waals surface area contributed by atoms with Crippen molar-refractivity contribution in [2.45, 2.75) is 27.7 Å². The zero-order valence-electron chi connectivity index (χ0n) is 21.0. The quantitative estimate of drug-likeness (QED) is 0.339. The van der Waals surface area contributed by atoms with Gasteiger partial charge in [-0.05, 0) is 93.1 Å². The Labute approximate surface area is 219 Å². The van der Waals surface area contributed by atoms with Gasteiger partial charge in [0, 0.05) is 22.8 Å². The van der Waals surface area contributed by atoms with Gasteiger partial charge in [-0.25, -0.2) is 4.79 Å². The van der Waals surface area contributed by atoms with Gasteiger partial charge in [0.1, 0.15) is 6.54 Å². The Morgan fingerprint density at radius 1 is 1.03 bits per heavy atom. The zero-order chi connectivity index (χ0) is 26.7. The lowest BCUT2D eigenvalue weighted by molar-refractivity contribution is -0.127. The first-order valence-corrected chi connectivity index (χ1v) is 12.6. The van der Waals surface area contributed by atoms with Gasteiger partial charge in [-0.2, -0.15) is 0 Å². The molecule has 3 amide bonds. The monoisotopic (exact) mass is 517 g/mol. The van der Waals surface area contributed by atoms with Gasteiger partial charge in [0.2, 0.25) is 5.91 Å². The van der Waals surface area contributed by atoms with Gasteiger partial charge in [0.25, 0.3) is 11.1 Å². The number of hydrogen-bond donors (Lipinski definition) is 1. The first-order valence-electron chi connectivity index (χ1n) is 11.8. The van der Waals surface area contributed by atoms with Gasteiger partial charge in [-0.1, -0.05) is 18.2 Å². The van der Waals surface area contributed by atoms with Crippen LogP contribution in [-0.4, -0.2) is 45.6 Å². The van der Waals surface area contributed by atoms with Crippen molar-refractivity contribution in [1.82, 2.24) is 9.47 Å². The molecule has 1 aliphatic rings. The molecule has 0 spiro atoms. The minimum absolute atomic E-state index is 0.244. The third-order valence-corrected chi connectivity index (χ3v) is 6.76. The van der Waals surface area contributed by atoms with Gasteiger partial charge < -0.3 is 14.6 Å². The summed E-state index contributed by atoms with van der Waals surface area (Å²) in [7, 11) is 0. The SMILES string of the molecule is CCOC(=O)c1cccc(-n2c(C)cc(/C=C3\SC(=O)N(CC(=O)Nc4cccc(C)c4)C3=O)c2C)c1. The molecule has 0 saturated carbocycles. The molecule has 4 rings (SSSR count). The lowest BCUT2D eigenvalue weighted by Gasteiger charge is -2.12. The summed E-state index contributed by atoms with van der Waals surface area (Å²) in [5.74, 6) is -1.36. The molecule has 0 radical (unpaired) electrons. The second-order valence-corrected chi connectivity index (χ2v) is 9.61. The molecule has 1 saturated heterocycles. The second kappa shape index (κ2) is 10.9. The van der Waals surface area contributed by atoms with E-state index in [4.69, 9.17) is 4.74 Å². The van der Waals surface area contributed by atoms with E-state index in [2.05, 4.69) is 5.32 Å². The van der Waals surface area contributed by atoms with Crippen molar-refractivity contribution in [3.05, 3.63) is 87.6 Å². The summed E-state index contributed by atoms with van der Waals surface area (Å²) in [6.07, 6.45) is 1.66. The number of anilines is 1. The molecule has 2 aromatic carbocycles. The highest BCUT2D eigenvalue weighted by Gasteiger charge is 2.36. The molecule has 3 aromatic rings. The maximum absolute atomic E-state index is 13.0. The van der Waals surface area contributed by atoms with Gasteiger partial charge in [-0.3, -0.25) is 19.3 Å². The van der Waals surface area contributed by atoms with E-state index in [1.807, 2.05) is 55.7 Å². The Balaban J connectivity index is 1.54. The third-order valence-electron chi connectivity index (χ3n) is 5.85. The second-order valence-electron chi connectivity index (χ2n) is 8.62. The lowest BCUT2D eigenvalue weighted by atomic mass is 10.2. The summed E-state index contributed by atoms with van der Waals surface area (Å²) >= 11 is 0.807. The minimum Gasteiger partial charge on any atom is -0.462 e. The Morgan fingerprint density at radius 2 is 1.78 bits per heavy atom. The van der Waals surface area contributed by atoms with Crippen LogP contribution >= 0.6 is 11.8 Å². The largest absolute Gasteiger partial charge is 0.462 e. The first kappa shape index (κ1) is 26.0. The van der Waals surface area contributed by atoms with Crippen LogP contribution in [0.2, 0.25) is 0 Å². The summed E-state index contributed by atoms with van der Waals surface area (Å²) in [4.78, 5) is 51.4. The number of thioether (sulfide) groups is 1. The third kappa shape index (κ3) is 5.67. The lowest BCUT2D eigenvalue weighted by Crippen LogP contribution is -2.36. The predicted octanol–water partition coefficient (Wildman–Crippen LogP) is 5.25. The summed E-state index contributed by atoms with van der Waals surface area (Å²) in [5.41, 5.74) is 5.29. The van der Waals surface area contributed by atoms with Gasteiger partial charge >= 0.3 is 5.97 Å². The summed E-state index contributed by atoms with van der Waals surface area (Å²) < 4.78 is 7.07. The van der Waals surface area contributed by atoms with Gasteiger partial charge in [0.05, 0.1) is 17.1 Å². The van der Waals surface area contributed by atoms with Crippen LogP contribution in [-0.2, 0) is 14.3 Å². The maximum Gasteiger partial charge on any atom is 0.338 e. The van der Waals surface area contributed by atoms with Crippen LogP contribution in [0.3, 0.4) is 0 Å². The molecule has 9 heteroatoms. The van der Waals surface area contributed by atoms with E-state index in [1.165, 1.54) is 0 Å². The zero-order valence-corrected chi connectivity index (χ0v) is 21.8. The van der Waals surface area contributed by atoms with Crippen LogP contribution in [0.5, 0.6) is 0 Å². The summed E-state index contributed by atoms with van der Waals surface area (Å²) in [6.45, 7) is 7.41. The number of nitrogens with zero attached hydrogens (tertiary/aromatic N) is 2. The summed E-state index contributed by atoms with van der Waals surface area (Å²) in [6, 6.07) is 16.3. The fourth-order valence-electron chi connectivity index (χ4n) is 4.16. The van der Waals surface area contributed by atoms with Crippen LogP contribution < -0.4 is 5.32 Å². The van der Waals surface area contributed by atoms with Crippen molar-refractivity contribution in [3.8, 4) is 5.69 Å². The van der Waals surface area contributed by atoms with Crippen molar-refractivity contribution < 1.29 is 23.9 Å². The Bertz CT molecular complexity index is 1440. The number of carbonyl (C=O) groups excluding carboxylic acids is 4. The molecule has 190 valence electrons. The Kier molecular flexibility index (Phi) is 7.63. The van der Waals surface area contributed by atoms with Gasteiger partial charge in [-0.15, -0.1) is 0 Å². The number of rotatable bonds is 7. The van der Waals surface area contributed by atoms with Crippen molar-refractivity contribution in [3.63, 3.8) is 0 Å². The molecule has 1 fully saturated rings. The fourth-order valence-corrected chi connectivity index (χ4v) is 4.99. The standard InChI is InChI=1S/C28H27N3O5S/c1-5-36-27(34)20-9-7-11-23(14-20)31-18(3)13-21(19(31)4)15-24-26(33)30(28(35)37-24)16-25(32)29-22-10-6-8-17(2)12-22/h6-15H,5,16H2,1-4H3,(H,29,32)/b24-15-. The van der Waals surface area contributed by atoms with Crippen LogP contribution in [0.4, 0.5) is 10.5 Å². The average Bonchev–Trinajstić information content (AvgIpc) is 3.28. The van der Waals surface area contributed by atoms with Crippen LogP contribution in [0.15, 0.2) is 59.5 Å². The van der Waals surface area contributed by atoms with Crippen molar-refractivity contribution in [2.24, 2.45) is 0 Å². The van der Waals surface area contributed by atoms with E-state index < -0.39 is 23.0 Å².